The highest BCUT2D eigenvalue weighted by Gasteiger charge is 2.28. The average Bonchev–Trinajstić information content (AvgIpc) is 2.27. The fourth-order valence-corrected chi connectivity index (χ4v) is 2.73. The van der Waals surface area contributed by atoms with Crippen LogP contribution in [-0.4, -0.2) is 10.3 Å². The Bertz CT molecular complexity index is 456. The quantitative estimate of drug-likeness (QED) is 0.440. The molecule has 0 heterocycles. The van der Waals surface area contributed by atoms with Gasteiger partial charge in [-0.25, -0.2) is 8.78 Å². The van der Waals surface area contributed by atoms with Gasteiger partial charge in [0.1, 0.15) is 0 Å². The van der Waals surface area contributed by atoms with Crippen LogP contribution in [0, 0.1) is 16.0 Å². The smallest absolute Gasteiger partial charge is 0.258 e. The van der Waals surface area contributed by atoms with Gasteiger partial charge < -0.3 is 0 Å². The largest absolute Gasteiger partial charge is 0.269 e. The van der Waals surface area contributed by atoms with E-state index in [1.54, 1.807) is 6.92 Å². The van der Waals surface area contributed by atoms with Crippen LogP contribution in [0.3, 0.4) is 0 Å². The van der Waals surface area contributed by atoms with E-state index in [-0.39, 0.29) is 28.5 Å². The molecule has 106 valence electrons. The van der Waals surface area contributed by atoms with Crippen LogP contribution in [0.25, 0.3) is 0 Å². The molecule has 1 aromatic carbocycles. The van der Waals surface area contributed by atoms with E-state index < -0.39 is 11.3 Å². The molecule has 0 radical (unpaired) electrons. The van der Waals surface area contributed by atoms with Crippen molar-refractivity contribution >= 4 is 17.3 Å². The zero-order chi connectivity index (χ0) is 14.7. The van der Waals surface area contributed by atoms with E-state index in [4.69, 9.17) is 11.6 Å². The predicted octanol–water partition coefficient (Wildman–Crippen LogP) is 4.90. The fourth-order valence-electron chi connectivity index (χ4n) is 2.31. The molecule has 6 heteroatoms. The Balaban J connectivity index is 3.37. The van der Waals surface area contributed by atoms with Gasteiger partial charge in [-0.1, -0.05) is 19.9 Å². The molecular formula is C13H16ClF2NO2. The Morgan fingerprint density at radius 3 is 2.16 bits per heavy atom. The first-order valence-corrected chi connectivity index (χ1v) is 6.39. The number of nitro groups is 1. The van der Waals surface area contributed by atoms with Crippen LogP contribution in [0.5, 0.6) is 0 Å². The third-order valence-electron chi connectivity index (χ3n) is 3.09. The molecule has 0 aliphatic carbocycles. The van der Waals surface area contributed by atoms with Crippen molar-refractivity contribution in [1.82, 2.24) is 0 Å². The average molecular weight is 292 g/mol. The molecule has 2 atom stereocenters. The van der Waals surface area contributed by atoms with Gasteiger partial charge in [-0.15, -0.1) is 11.6 Å². The Kier molecular flexibility index (Phi) is 5.23. The summed E-state index contributed by atoms with van der Waals surface area (Å²) in [5.74, 6) is -0.210. The summed E-state index contributed by atoms with van der Waals surface area (Å²) in [5.41, 5.74) is -0.248. The van der Waals surface area contributed by atoms with E-state index in [2.05, 4.69) is 0 Å². The normalized spacial score (nSPS) is 14.7. The lowest BCUT2D eigenvalue weighted by Gasteiger charge is -2.26. The molecule has 0 N–H and O–H groups in total. The summed E-state index contributed by atoms with van der Waals surface area (Å²) in [4.78, 5) is 9.98. The van der Waals surface area contributed by atoms with E-state index >= 15 is 0 Å². The van der Waals surface area contributed by atoms with E-state index in [0.717, 1.165) is 6.07 Å². The van der Waals surface area contributed by atoms with E-state index in [9.17, 15) is 18.9 Å². The maximum absolute atomic E-state index is 13.1. The van der Waals surface area contributed by atoms with Gasteiger partial charge in [-0.3, -0.25) is 10.1 Å². The number of nitrogens with zero attached hydrogens (tertiary/aromatic N) is 1. The first kappa shape index (κ1) is 15.8. The summed E-state index contributed by atoms with van der Waals surface area (Å²) in [6, 6.07) is 3.58. The molecule has 1 rings (SSSR count). The van der Waals surface area contributed by atoms with Crippen molar-refractivity contribution in [2.45, 2.75) is 38.5 Å². The summed E-state index contributed by atoms with van der Waals surface area (Å²) in [7, 11) is 0. The van der Waals surface area contributed by atoms with Crippen LogP contribution in [0.2, 0.25) is 0 Å². The zero-order valence-corrected chi connectivity index (χ0v) is 11.7. The van der Waals surface area contributed by atoms with Crippen LogP contribution in [0.4, 0.5) is 14.5 Å². The minimum Gasteiger partial charge on any atom is -0.258 e. The van der Waals surface area contributed by atoms with Gasteiger partial charge in [0.05, 0.1) is 4.92 Å². The third-order valence-corrected chi connectivity index (χ3v) is 3.36. The number of alkyl halides is 3. The topological polar surface area (TPSA) is 43.1 Å². The number of nitro benzene ring substituents is 1. The van der Waals surface area contributed by atoms with Crippen molar-refractivity contribution in [1.29, 1.82) is 0 Å². The SMILES string of the molecule is CC(C)C(c1ccc([N+](=O)[O-])cc1C(F)F)C(C)Cl. The first-order valence-electron chi connectivity index (χ1n) is 5.96. The van der Waals surface area contributed by atoms with Crippen molar-refractivity contribution in [3.05, 3.63) is 39.4 Å². The maximum atomic E-state index is 13.1. The number of hydrogen-bond acceptors (Lipinski definition) is 2. The van der Waals surface area contributed by atoms with Gasteiger partial charge in [-0.2, -0.15) is 0 Å². The molecule has 0 aliphatic rings. The van der Waals surface area contributed by atoms with Crippen molar-refractivity contribution in [3.63, 3.8) is 0 Å². The molecular weight excluding hydrogens is 276 g/mol. The van der Waals surface area contributed by atoms with Gasteiger partial charge >= 0.3 is 0 Å². The second-order valence-corrected chi connectivity index (χ2v) is 5.51. The summed E-state index contributed by atoms with van der Waals surface area (Å²) < 4.78 is 26.2. The molecule has 0 spiro atoms. The monoisotopic (exact) mass is 291 g/mol. The highest BCUT2D eigenvalue weighted by molar-refractivity contribution is 6.20. The Morgan fingerprint density at radius 1 is 1.21 bits per heavy atom. The lowest BCUT2D eigenvalue weighted by molar-refractivity contribution is -0.385. The van der Waals surface area contributed by atoms with Gasteiger partial charge in [0.15, 0.2) is 0 Å². The number of benzene rings is 1. The van der Waals surface area contributed by atoms with Gasteiger partial charge in [0.25, 0.3) is 12.1 Å². The molecule has 0 fully saturated rings. The second kappa shape index (κ2) is 6.28. The molecule has 19 heavy (non-hydrogen) atoms. The maximum Gasteiger partial charge on any atom is 0.269 e. The highest BCUT2D eigenvalue weighted by Crippen LogP contribution is 2.38. The number of halogens is 3. The predicted molar refractivity (Wildman–Crippen MR) is 70.9 cm³/mol. The van der Waals surface area contributed by atoms with Crippen LogP contribution in [0.1, 0.15) is 44.2 Å². The van der Waals surface area contributed by atoms with Crippen LogP contribution in [-0.2, 0) is 0 Å². The van der Waals surface area contributed by atoms with Crippen molar-refractivity contribution in [2.24, 2.45) is 5.92 Å². The Morgan fingerprint density at radius 2 is 1.79 bits per heavy atom. The molecule has 0 aromatic heterocycles. The van der Waals surface area contributed by atoms with Crippen LogP contribution < -0.4 is 0 Å². The summed E-state index contributed by atoms with van der Waals surface area (Å²) in [6.45, 7) is 5.52. The van der Waals surface area contributed by atoms with E-state index in [0.29, 0.717) is 5.56 Å². The minimum atomic E-state index is -2.76. The van der Waals surface area contributed by atoms with Crippen molar-refractivity contribution in [3.8, 4) is 0 Å². The van der Waals surface area contributed by atoms with E-state index in [1.807, 2.05) is 13.8 Å². The molecule has 0 aliphatic heterocycles. The number of hydrogen-bond donors (Lipinski definition) is 0. The summed E-state index contributed by atoms with van der Waals surface area (Å²) >= 11 is 6.07. The summed E-state index contributed by atoms with van der Waals surface area (Å²) in [6.07, 6.45) is -2.76. The highest BCUT2D eigenvalue weighted by atomic mass is 35.5. The summed E-state index contributed by atoms with van der Waals surface area (Å²) in [5, 5.41) is 10.3. The molecule has 0 saturated heterocycles. The lowest BCUT2D eigenvalue weighted by atomic mass is 9.83. The van der Waals surface area contributed by atoms with Crippen molar-refractivity contribution in [2.75, 3.05) is 0 Å². The van der Waals surface area contributed by atoms with Gasteiger partial charge in [-0.05, 0) is 18.4 Å². The standard InChI is InChI=1S/C13H16ClF2NO2/c1-7(2)12(8(3)14)10-5-4-9(17(18)19)6-11(10)13(15)16/h4-8,12-13H,1-3H3. The van der Waals surface area contributed by atoms with Crippen LogP contribution in [0.15, 0.2) is 18.2 Å². The zero-order valence-electron chi connectivity index (χ0n) is 10.9. The third kappa shape index (κ3) is 3.62. The van der Waals surface area contributed by atoms with Gasteiger partial charge in [0.2, 0.25) is 0 Å². The number of non-ortho nitro benzene ring substituents is 1. The number of rotatable bonds is 5. The molecule has 1 aromatic rings. The minimum absolute atomic E-state index is 0.0615. The Labute approximate surface area is 115 Å². The van der Waals surface area contributed by atoms with E-state index in [1.165, 1.54) is 12.1 Å². The molecule has 3 nitrogen and oxygen atoms in total. The van der Waals surface area contributed by atoms with Crippen LogP contribution >= 0.6 is 11.6 Å². The first-order chi connectivity index (χ1) is 8.75. The second-order valence-electron chi connectivity index (χ2n) is 4.82. The molecule has 0 saturated carbocycles. The van der Waals surface area contributed by atoms with Crippen molar-refractivity contribution < 1.29 is 13.7 Å². The Hall–Kier alpha value is -1.23. The molecule has 0 bridgehead atoms. The lowest BCUT2D eigenvalue weighted by Crippen LogP contribution is -2.18. The molecule has 2 unspecified atom stereocenters. The fraction of sp³-hybridized carbons (Fsp3) is 0.538. The molecule has 0 amide bonds. The van der Waals surface area contributed by atoms with Gasteiger partial charge in [0, 0.05) is 29.0 Å².